The van der Waals surface area contributed by atoms with E-state index in [9.17, 15) is 4.79 Å². The second-order valence-electron chi connectivity index (χ2n) is 8.10. The lowest BCUT2D eigenvalue weighted by Crippen LogP contribution is -2.34. The summed E-state index contributed by atoms with van der Waals surface area (Å²) in [6.07, 6.45) is 3.52. The SMILES string of the molecule is CNC(=O)c1cccc(Nc2ncnc(N3CCC(c4csc(-c5ccccc5)n4)CC3)n2)c1. The number of piperidine rings is 1. The zero-order valence-electron chi connectivity index (χ0n) is 18.8. The Morgan fingerprint density at radius 3 is 2.65 bits per heavy atom. The number of thiazole rings is 1. The van der Waals surface area contributed by atoms with E-state index in [-0.39, 0.29) is 5.91 Å². The number of hydrogen-bond acceptors (Lipinski definition) is 8. The summed E-state index contributed by atoms with van der Waals surface area (Å²) in [5.74, 6) is 1.41. The van der Waals surface area contributed by atoms with Crippen LogP contribution in [0.3, 0.4) is 0 Å². The summed E-state index contributed by atoms with van der Waals surface area (Å²) in [6.45, 7) is 1.72. The minimum absolute atomic E-state index is 0.140. The Labute approximate surface area is 202 Å². The first-order valence-electron chi connectivity index (χ1n) is 11.2. The highest BCUT2D eigenvalue weighted by Gasteiger charge is 2.24. The van der Waals surface area contributed by atoms with E-state index in [1.807, 2.05) is 30.3 Å². The van der Waals surface area contributed by atoms with E-state index in [0.29, 0.717) is 23.4 Å². The van der Waals surface area contributed by atoms with Crippen LogP contribution in [0.15, 0.2) is 66.3 Å². The van der Waals surface area contributed by atoms with Crippen LogP contribution in [0, 0.1) is 0 Å². The third-order valence-corrected chi connectivity index (χ3v) is 6.82. The minimum atomic E-state index is -0.140. The van der Waals surface area contributed by atoms with E-state index in [4.69, 9.17) is 4.98 Å². The topological polar surface area (TPSA) is 95.9 Å². The number of benzene rings is 2. The number of nitrogens with one attached hydrogen (secondary N) is 2. The molecular weight excluding hydrogens is 446 g/mol. The second kappa shape index (κ2) is 9.96. The van der Waals surface area contributed by atoms with Gasteiger partial charge in [-0.25, -0.2) is 15.0 Å². The minimum Gasteiger partial charge on any atom is -0.355 e. The molecule has 1 fully saturated rings. The number of carbonyl (C=O) groups excluding carboxylic acids is 1. The Morgan fingerprint density at radius 1 is 1.03 bits per heavy atom. The molecule has 0 radical (unpaired) electrons. The molecule has 2 aromatic carbocycles. The summed E-state index contributed by atoms with van der Waals surface area (Å²) in [4.78, 5) is 32.2. The number of carbonyl (C=O) groups is 1. The predicted octanol–water partition coefficient (Wildman–Crippen LogP) is 4.48. The van der Waals surface area contributed by atoms with Gasteiger partial charge in [-0.2, -0.15) is 4.98 Å². The highest BCUT2D eigenvalue weighted by atomic mass is 32.1. The summed E-state index contributed by atoms with van der Waals surface area (Å²) in [6, 6.07) is 17.6. The van der Waals surface area contributed by atoms with Gasteiger partial charge >= 0.3 is 0 Å². The zero-order chi connectivity index (χ0) is 23.3. The Morgan fingerprint density at radius 2 is 1.85 bits per heavy atom. The van der Waals surface area contributed by atoms with E-state index >= 15 is 0 Å². The number of hydrogen-bond donors (Lipinski definition) is 2. The monoisotopic (exact) mass is 471 g/mol. The van der Waals surface area contributed by atoms with Crippen LogP contribution in [-0.2, 0) is 0 Å². The average Bonchev–Trinajstić information content (AvgIpc) is 3.40. The summed E-state index contributed by atoms with van der Waals surface area (Å²) in [5, 5.41) is 9.08. The Kier molecular flexibility index (Phi) is 6.44. The van der Waals surface area contributed by atoms with Crippen molar-refractivity contribution in [1.29, 1.82) is 0 Å². The average molecular weight is 472 g/mol. The van der Waals surface area contributed by atoms with Crippen molar-refractivity contribution in [2.75, 3.05) is 30.4 Å². The van der Waals surface area contributed by atoms with Crippen LogP contribution in [-0.4, -0.2) is 46.0 Å². The van der Waals surface area contributed by atoms with Crippen LogP contribution in [0.25, 0.3) is 10.6 Å². The summed E-state index contributed by atoms with van der Waals surface area (Å²) in [5.41, 5.74) is 3.66. The van der Waals surface area contributed by atoms with Crippen molar-refractivity contribution in [3.63, 3.8) is 0 Å². The largest absolute Gasteiger partial charge is 0.355 e. The highest BCUT2D eigenvalue weighted by molar-refractivity contribution is 7.13. The number of anilines is 3. The smallest absolute Gasteiger partial charge is 0.251 e. The fourth-order valence-corrected chi connectivity index (χ4v) is 4.98. The molecule has 1 aliphatic heterocycles. The molecular formula is C25H25N7OS. The van der Waals surface area contributed by atoms with E-state index in [2.05, 4.69) is 48.0 Å². The molecule has 0 atom stereocenters. The van der Waals surface area contributed by atoms with Gasteiger partial charge in [-0.3, -0.25) is 4.79 Å². The van der Waals surface area contributed by atoms with Crippen LogP contribution >= 0.6 is 11.3 Å². The molecule has 0 spiro atoms. The number of rotatable bonds is 6. The lowest BCUT2D eigenvalue weighted by Gasteiger charge is -2.31. The van der Waals surface area contributed by atoms with Gasteiger partial charge in [-0.1, -0.05) is 36.4 Å². The molecule has 1 saturated heterocycles. The number of amides is 1. The van der Waals surface area contributed by atoms with E-state index in [1.165, 1.54) is 17.6 Å². The molecule has 1 amide bonds. The summed E-state index contributed by atoms with van der Waals surface area (Å²) in [7, 11) is 1.61. The van der Waals surface area contributed by atoms with Crippen molar-refractivity contribution in [3.05, 3.63) is 77.6 Å². The lowest BCUT2D eigenvalue weighted by molar-refractivity contribution is 0.0963. The van der Waals surface area contributed by atoms with Crippen molar-refractivity contribution in [2.45, 2.75) is 18.8 Å². The predicted molar refractivity (Wildman–Crippen MR) is 135 cm³/mol. The molecule has 3 heterocycles. The number of aromatic nitrogens is 4. The van der Waals surface area contributed by atoms with Crippen molar-refractivity contribution >= 4 is 34.8 Å². The van der Waals surface area contributed by atoms with E-state index in [0.717, 1.165) is 36.6 Å². The first-order valence-corrected chi connectivity index (χ1v) is 12.1. The molecule has 8 nitrogen and oxygen atoms in total. The van der Waals surface area contributed by atoms with Crippen LogP contribution in [0.2, 0.25) is 0 Å². The van der Waals surface area contributed by atoms with Gasteiger partial charge in [0.15, 0.2) is 0 Å². The molecule has 2 N–H and O–H groups in total. The van der Waals surface area contributed by atoms with Gasteiger partial charge in [0.25, 0.3) is 5.91 Å². The quantitative estimate of drug-likeness (QED) is 0.428. The molecule has 172 valence electrons. The van der Waals surface area contributed by atoms with Gasteiger partial charge in [0.05, 0.1) is 5.69 Å². The lowest BCUT2D eigenvalue weighted by atomic mass is 9.94. The molecule has 0 aliphatic carbocycles. The summed E-state index contributed by atoms with van der Waals surface area (Å²) < 4.78 is 0. The van der Waals surface area contributed by atoms with Gasteiger partial charge in [-0.15, -0.1) is 11.3 Å². The standard InChI is InChI=1S/C25H25N7OS/c1-26-22(33)19-8-5-9-20(14-19)29-24-27-16-28-25(31-24)32-12-10-17(11-13-32)21-15-34-23(30-21)18-6-3-2-4-7-18/h2-9,14-17H,10-13H2,1H3,(H,26,33)(H,27,28,29,31). The molecule has 1 aliphatic rings. The maximum Gasteiger partial charge on any atom is 0.251 e. The third-order valence-electron chi connectivity index (χ3n) is 5.91. The third kappa shape index (κ3) is 4.89. The van der Waals surface area contributed by atoms with E-state index in [1.54, 1.807) is 30.5 Å². The molecule has 2 aromatic heterocycles. The zero-order valence-corrected chi connectivity index (χ0v) is 19.6. The maximum absolute atomic E-state index is 11.9. The molecule has 34 heavy (non-hydrogen) atoms. The van der Waals surface area contributed by atoms with Crippen LogP contribution in [0.1, 0.15) is 34.8 Å². The second-order valence-corrected chi connectivity index (χ2v) is 8.96. The van der Waals surface area contributed by atoms with Crippen LogP contribution in [0.5, 0.6) is 0 Å². The molecule has 9 heteroatoms. The number of nitrogens with zero attached hydrogens (tertiary/aromatic N) is 5. The highest BCUT2D eigenvalue weighted by Crippen LogP contribution is 2.33. The maximum atomic E-state index is 11.9. The van der Waals surface area contributed by atoms with Gasteiger partial charge in [-0.05, 0) is 31.0 Å². The molecule has 0 saturated carbocycles. The molecule has 0 unspecified atom stereocenters. The molecule has 0 bridgehead atoms. The first kappa shape index (κ1) is 22.0. The first-order chi connectivity index (χ1) is 16.7. The van der Waals surface area contributed by atoms with Gasteiger partial charge in [0, 0.05) is 48.2 Å². The fraction of sp³-hybridized carbons (Fsp3) is 0.240. The Balaban J connectivity index is 1.23. The van der Waals surface area contributed by atoms with Crippen molar-refractivity contribution < 1.29 is 4.79 Å². The normalized spacial score (nSPS) is 14.1. The Hall–Kier alpha value is -3.85. The van der Waals surface area contributed by atoms with Gasteiger partial charge in [0.1, 0.15) is 11.3 Å². The molecule has 4 aromatic rings. The Bertz CT molecular complexity index is 1270. The fourth-order valence-electron chi connectivity index (χ4n) is 4.07. The van der Waals surface area contributed by atoms with Gasteiger partial charge < -0.3 is 15.5 Å². The van der Waals surface area contributed by atoms with Gasteiger partial charge in [0.2, 0.25) is 11.9 Å². The van der Waals surface area contributed by atoms with Crippen molar-refractivity contribution in [2.24, 2.45) is 0 Å². The summed E-state index contributed by atoms with van der Waals surface area (Å²) >= 11 is 1.71. The van der Waals surface area contributed by atoms with E-state index < -0.39 is 0 Å². The van der Waals surface area contributed by atoms with Crippen LogP contribution < -0.4 is 15.5 Å². The molecule has 5 rings (SSSR count). The van der Waals surface area contributed by atoms with Crippen LogP contribution in [0.4, 0.5) is 17.6 Å². The van der Waals surface area contributed by atoms with Crippen molar-refractivity contribution in [1.82, 2.24) is 25.3 Å². The van der Waals surface area contributed by atoms with Crippen molar-refractivity contribution in [3.8, 4) is 10.6 Å².